The summed E-state index contributed by atoms with van der Waals surface area (Å²) in [4.78, 5) is 25.8. The van der Waals surface area contributed by atoms with E-state index in [2.05, 4.69) is 30.9 Å². The number of fused-ring (bicyclic) bond motifs is 2. The molecule has 30 heavy (non-hydrogen) atoms. The fourth-order valence-electron chi connectivity index (χ4n) is 3.43. The summed E-state index contributed by atoms with van der Waals surface area (Å²) in [5.74, 6) is 0.0248. The van der Waals surface area contributed by atoms with Gasteiger partial charge in [0.05, 0.1) is 23.8 Å². The molecule has 3 heterocycles. The van der Waals surface area contributed by atoms with Crippen molar-refractivity contribution in [1.82, 2.24) is 19.5 Å². The van der Waals surface area contributed by atoms with Gasteiger partial charge in [-0.15, -0.1) is 0 Å². The molecular weight excluding hydrogens is 453 g/mol. The normalized spacial score (nSPS) is 11.4. The maximum atomic E-state index is 14.7. The molecule has 0 spiro atoms. The molecule has 7 nitrogen and oxygen atoms in total. The summed E-state index contributed by atoms with van der Waals surface area (Å²) in [6.45, 7) is 0.109. The van der Waals surface area contributed by atoms with Gasteiger partial charge in [0.15, 0.2) is 11.5 Å². The Hall–Kier alpha value is -3.59. The minimum atomic E-state index is -0.512. The molecule has 3 aromatic heterocycles. The second-order valence-corrected chi connectivity index (χ2v) is 7.57. The molecule has 0 saturated carbocycles. The van der Waals surface area contributed by atoms with Gasteiger partial charge in [-0.25, -0.2) is 19.3 Å². The summed E-state index contributed by atoms with van der Waals surface area (Å²) in [7, 11) is 0. The Kier molecular flexibility index (Phi) is 4.32. The highest BCUT2D eigenvalue weighted by molar-refractivity contribution is 9.10. The van der Waals surface area contributed by atoms with Crippen molar-refractivity contribution in [2.75, 3.05) is 5.73 Å². The SMILES string of the molecule is Nc1ncnc2c1ncn2Cc1oc2ccc(Br)cc2c(=O)c1-c1ccccc1F. The summed E-state index contributed by atoms with van der Waals surface area (Å²) in [5, 5.41) is 0.355. The van der Waals surface area contributed by atoms with E-state index >= 15 is 0 Å². The summed E-state index contributed by atoms with van der Waals surface area (Å²) in [5.41, 5.74) is 7.19. The summed E-state index contributed by atoms with van der Waals surface area (Å²) in [6, 6.07) is 11.2. The highest BCUT2D eigenvalue weighted by Crippen LogP contribution is 2.29. The first kappa shape index (κ1) is 18.4. The van der Waals surface area contributed by atoms with E-state index < -0.39 is 5.82 Å². The van der Waals surface area contributed by atoms with Crippen molar-refractivity contribution in [3.63, 3.8) is 0 Å². The fourth-order valence-corrected chi connectivity index (χ4v) is 3.79. The molecule has 5 rings (SSSR count). The molecule has 0 fully saturated rings. The standard InChI is InChI=1S/C21H13BrFN5O2/c22-11-5-6-15-13(7-11)19(29)17(12-3-1-2-4-14(12)23)16(30-15)8-28-10-27-18-20(24)25-9-26-21(18)28/h1-7,9-10H,8H2,(H2,24,25,26). The number of rotatable bonds is 3. The molecule has 0 bridgehead atoms. The van der Waals surface area contributed by atoms with E-state index in [1.165, 1.54) is 18.7 Å². The number of aromatic nitrogens is 4. The number of hydrogen-bond donors (Lipinski definition) is 1. The number of halogens is 2. The maximum Gasteiger partial charge on any atom is 0.201 e. The van der Waals surface area contributed by atoms with Gasteiger partial charge in [0.25, 0.3) is 0 Å². The Morgan fingerprint density at radius 3 is 2.80 bits per heavy atom. The molecule has 0 aliphatic heterocycles. The van der Waals surface area contributed by atoms with E-state index in [1.54, 1.807) is 41.0 Å². The Morgan fingerprint density at radius 1 is 1.13 bits per heavy atom. The first-order valence-corrected chi connectivity index (χ1v) is 9.73. The smallest absolute Gasteiger partial charge is 0.201 e. The van der Waals surface area contributed by atoms with Gasteiger partial charge >= 0.3 is 0 Å². The monoisotopic (exact) mass is 465 g/mol. The number of nitrogen functional groups attached to an aromatic ring is 1. The molecule has 0 radical (unpaired) electrons. The van der Waals surface area contributed by atoms with Gasteiger partial charge in [-0.1, -0.05) is 34.1 Å². The molecule has 0 aliphatic rings. The van der Waals surface area contributed by atoms with Crippen LogP contribution in [0.5, 0.6) is 0 Å². The number of nitrogens with two attached hydrogens (primary N) is 1. The van der Waals surface area contributed by atoms with Crippen molar-refractivity contribution in [3.05, 3.63) is 81.4 Å². The van der Waals surface area contributed by atoms with Crippen LogP contribution in [0.25, 0.3) is 33.3 Å². The number of benzene rings is 2. The van der Waals surface area contributed by atoms with Crippen LogP contribution in [0.2, 0.25) is 0 Å². The van der Waals surface area contributed by atoms with Crippen LogP contribution >= 0.6 is 15.9 Å². The third-order valence-corrected chi connectivity index (χ3v) is 5.31. The molecule has 0 amide bonds. The van der Waals surface area contributed by atoms with Crippen LogP contribution < -0.4 is 11.2 Å². The van der Waals surface area contributed by atoms with E-state index in [9.17, 15) is 9.18 Å². The van der Waals surface area contributed by atoms with E-state index in [1.807, 2.05) is 0 Å². The average Bonchev–Trinajstić information content (AvgIpc) is 3.14. The van der Waals surface area contributed by atoms with Crippen LogP contribution in [0.3, 0.4) is 0 Å². The lowest BCUT2D eigenvalue weighted by molar-refractivity contribution is 0.520. The van der Waals surface area contributed by atoms with Crippen LogP contribution in [0.1, 0.15) is 5.76 Å². The molecular formula is C21H13BrFN5O2. The maximum absolute atomic E-state index is 14.7. The second-order valence-electron chi connectivity index (χ2n) is 6.65. The van der Waals surface area contributed by atoms with Gasteiger partial charge in [0.2, 0.25) is 5.43 Å². The first-order chi connectivity index (χ1) is 14.5. The average molecular weight is 466 g/mol. The van der Waals surface area contributed by atoms with Gasteiger partial charge in [-0.3, -0.25) is 4.79 Å². The molecule has 0 saturated heterocycles. The molecule has 9 heteroatoms. The highest BCUT2D eigenvalue weighted by Gasteiger charge is 2.20. The third-order valence-electron chi connectivity index (χ3n) is 4.81. The quantitative estimate of drug-likeness (QED) is 0.429. The minimum Gasteiger partial charge on any atom is -0.458 e. The number of nitrogens with zero attached hydrogens (tertiary/aromatic N) is 4. The van der Waals surface area contributed by atoms with Gasteiger partial charge in [0.1, 0.15) is 29.0 Å². The predicted molar refractivity (Wildman–Crippen MR) is 114 cm³/mol. The largest absolute Gasteiger partial charge is 0.458 e. The number of imidazole rings is 1. The molecule has 0 aliphatic carbocycles. The molecule has 148 valence electrons. The molecule has 5 aromatic rings. The second kappa shape index (κ2) is 7.03. The lowest BCUT2D eigenvalue weighted by atomic mass is 10.0. The predicted octanol–water partition coefficient (Wildman–Crippen LogP) is 4.13. The highest BCUT2D eigenvalue weighted by atomic mass is 79.9. The van der Waals surface area contributed by atoms with Gasteiger partial charge in [0, 0.05) is 10.0 Å². The topological polar surface area (TPSA) is 99.8 Å². The fraction of sp³-hybridized carbons (Fsp3) is 0.0476. The molecule has 0 unspecified atom stereocenters. The van der Waals surface area contributed by atoms with Crippen LogP contribution in [-0.4, -0.2) is 19.5 Å². The van der Waals surface area contributed by atoms with E-state index in [-0.39, 0.29) is 34.7 Å². The lowest BCUT2D eigenvalue weighted by Crippen LogP contribution is -2.12. The van der Waals surface area contributed by atoms with Crippen molar-refractivity contribution in [2.24, 2.45) is 0 Å². The van der Waals surface area contributed by atoms with E-state index in [4.69, 9.17) is 10.2 Å². The van der Waals surface area contributed by atoms with Crippen molar-refractivity contribution in [3.8, 4) is 11.1 Å². The zero-order valence-corrected chi connectivity index (χ0v) is 16.9. The van der Waals surface area contributed by atoms with Crippen molar-refractivity contribution in [1.29, 1.82) is 0 Å². The zero-order chi connectivity index (χ0) is 20.8. The van der Waals surface area contributed by atoms with Crippen LogP contribution in [-0.2, 0) is 6.54 Å². The first-order valence-electron chi connectivity index (χ1n) is 8.94. The number of anilines is 1. The van der Waals surface area contributed by atoms with Crippen LogP contribution in [0, 0.1) is 5.82 Å². The van der Waals surface area contributed by atoms with E-state index in [0.717, 1.165) is 4.47 Å². The van der Waals surface area contributed by atoms with Gasteiger partial charge in [-0.05, 0) is 24.3 Å². The minimum absolute atomic E-state index is 0.109. The van der Waals surface area contributed by atoms with Gasteiger partial charge in [-0.2, -0.15) is 0 Å². The van der Waals surface area contributed by atoms with Crippen LogP contribution in [0.15, 0.2) is 68.8 Å². The molecule has 2 aromatic carbocycles. The van der Waals surface area contributed by atoms with Crippen molar-refractivity contribution < 1.29 is 8.81 Å². The summed E-state index contributed by atoms with van der Waals surface area (Å²) >= 11 is 3.37. The Labute approximate surface area is 177 Å². The summed E-state index contributed by atoms with van der Waals surface area (Å²) in [6.07, 6.45) is 2.87. The Balaban J connectivity index is 1.79. The molecule has 0 atom stereocenters. The Bertz CT molecular complexity index is 1490. The third kappa shape index (κ3) is 2.94. The Morgan fingerprint density at radius 2 is 1.97 bits per heavy atom. The van der Waals surface area contributed by atoms with Crippen LogP contribution in [0.4, 0.5) is 10.2 Å². The van der Waals surface area contributed by atoms with Gasteiger partial charge < -0.3 is 14.7 Å². The van der Waals surface area contributed by atoms with Crippen molar-refractivity contribution in [2.45, 2.75) is 6.54 Å². The summed E-state index contributed by atoms with van der Waals surface area (Å²) < 4.78 is 23.1. The zero-order valence-electron chi connectivity index (χ0n) is 15.3. The lowest BCUT2D eigenvalue weighted by Gasteiger charge is -2.12. The van der Waals surface area contributed by atoms with Crippen molar-refractivity contribution >= 4 is 43.9 Å². The number of hydrogen-bond acceptors (Lipinski definition) is 6. The van der Waals surface area contributed by atoms with E-state index in [0.29, 0.717) is 22.1 Å². The molecule has 2 N–H and O–H groups in total.